The molecule has 0 amide bonds. The van der Waals surface area contributed by atoms with Crippen LogP contribution in [0.15, 0.2) is 40.3 Å². The van der Waals surface area contributed by atoms with E-state index >= 15 is 0 Å². The number of unbranched alkanes of at least 4 members (excludes halogenated alkanes) is 1. The molecule has 1 aromatic heterocycles. The van der Waals surface area contributed by atoms with Crippen LogP contribution in [0.1, 0.15) is 19.8 Å². The first-order valence-electron chi connectivity index (χ1n) is 7.63. The molecule has 0 unspecified atom stereocenters. The van der Waals surface area contributed by atoms with Crippen molar-refractivity contribution < 1.29 is 13.2 Å². The molecule has 0 radical (unpaired) electrons. The maximum Gasteiger partial charge on any atom is 0.227 e. The van der Waals surface area contributed by atoms with Crippen molar-refractivity contribution in [3.05, 3.63) is 30.5 Å². The third kappa shape index (κ3) is 3.76. The van der Waals surface area contributed by atoms with Crippen LogP contribution in [0.2, 0.25) is 0 Å². The number of hydrogen-bond donors (Lipinski definition) is 1. The Kier molecular flexibility index (Phi) is 5.61. The number of rotatable bonds is 7. The summed E-state index contributed by atoms with van der Waals surface area (Å²) in [4.78, 5) is 10.2. The lowest BCUT2D eigenvalue weighted by Gasteiger charge is -2.17. The van der Waals surface area contributed by atoms with Crippen LogP contribution in [0.4, 0.5) is 11.8 Å². The van der Waals surface area contributed by atoms with Gasteiger partial charge in [-0.15, -0.1) is 0 Å². The predicted octanol–water partition coefficient (Wildman–Crippen LogP) is 2.14. The zero-order valence-corrected chi connectivity index (χ0v) is 14.9. The van der Waals surface area contributed by atoms with Gasteiger partial charge in [0, 0.05) is 13.6 Å². The number of nitrogen functional groups attached to an aromatic ring is 1. The van der Waals surface area contributed by atoms with E-state index in [4.69, 9.17) is 10.5 Å². The highest BCUT2D eigenvalue weighted by atomic mass is 32.2. The molecule has 8 heteroatoms. The minimum atomic E-state index is -3.78. The van der Waals surface area contributed by atoms with Crippen LogP contribution in [-0.2, 0) is 9.84 Å². The highest BCUT2D eigenvalue weighted by Crippen LogP contribution is 2.26. The second kappa shape index (κ2) is 7.48. The van der Waals surface area contributed by atoms with Crippen LogP contribution in [0.25, 0.3) is 0 Å². The highest BCUT2D eigenvalue weighted by Gasteiger charge is 2.23. The molecule has 1 aromatic carbocycles. The number of methoxy groups -OCH3 is 1. The monoisotopic (exact) mass is 350 g/mol. The first kappa shape index (κ1) is 18.0. The summed E-state index contributed by atoms with van der Waals surface area (Å²) in [5, 5.41) is 0. The largest absolute Gasteiger partial charge is 0.497 e. The molecule has 24 heavy (non-hydrogen) atoms. The lowest BCUT2D eigenvalue weighted by molar-refractivity contribution is 0.414. The van der Waals surface area contributed by atoms with Gasteiger partial charge in [0.05, 0.1) is 18.2 Å². The van der Waals surface area contributed by atoms with E-state index < -0.39 is 9.84 Å². The fraction of sp³-hybridized carbons (Fsp3) is 0.375. The Hall–Kier alpha value is -2.35. The van der Waals surface area contributed by atoms with Crippen molar-refractivity contribution in [3.63, 3.8) is 0 Å². The zero-order valence-electron chi connectivity index (χ0n) is 14.1. The summed E-state index contributed by atoms with van der Waals surface area (Å²) < 4.78 is 30.4. The Balaban J connectivity index is 2.33. The van der Waals surface area contributed by atoms with Crippen LogP contribution >= 0.6 is 0 Å². The van der Waals surface area contributed by atoms with Gasteiger partial charge in [-0.3, -0.25) is 0 Å². The average molecular weight is 350 g/mol. The van der Waals surface area contributed by atoms with Crippen molar-refractivity contribution in [1.82, 2.24) is 9.97 Å². The predicted molar refractivity (Wildman–Crippen MR) is 93.1 cm³/mol. The number of aromatic nitrogens is 2. The van der Waals surface area contributed by atoms with Gasteiger partial charge in [-0.25, -0.2) is 13.4 Å². The molecule has 0 aliphatic rings. The highest BCUT2D eigenvalue weighted by molar-refractivity contribution is 7.91. The smallest absolute Gasteiger partial charge is 0.227 e. The molecule has 130 valence electrons. The van der Waals surface area contributed by atoms with Gasteiger partial charge in [0.15, 0.2) is 0 Å². The second-order valence-electron chi connectivity index (χ2n) is 5.37. The average Bonchev–Trinajstić information content (AvgIpc) is 2.59. The molecule has 0 saturated heterocycles. The Bertz CT molecular complexity index is 791. The van der Waals surface area contributed by atoms with Gasteiger partial charge in [0.2, 0.25) is 15.8 Å². The molecule has 0 fully saturated rings. The van der Waals surface area contributed by atoms with Crippen molar-refractivity contribution in [2.45, 2.75) is 29.6 Å². The molecule has 2 N–H and O–H groups in total. The topological polar surface area (TPSA) is 98.4 Å². The molecular formula is C16H22N4O3S. The van der Waals surface area contributed by atoms with Crippen molar-refractivity contribution in [2.24, 2.45) is 0 Å². The summed E-state index contributed by atoms with van der Waals surface area (Å²) >= 11 is 0. The quantitative estimate of drug-likeness (QED) is 0.816. The van der Waals surface area contributed by atoms with Gasteiger partial charge in [-0.05, 0) is 30.7 Å². The Labute approximate surface area is 142 Å². The third-order valence-corrected chi connectivity index (χ3v) is 5.40. The maximum atomic E-state index is 12.7. The summed E-state index contributed by atoms with van der Waals surface area (Å²) in [7, 11) is -0.412. The number of hydrogen-bond acceptors (Lipinski definition) is 7. The molecule has 0 bridgehead atoms. The molecule has 0 aliphatic heterocycles. The number of sulfone groups is 1. The first-order chi connectivity index (χ1) is 11.4. The molecule has 0 atom stereocenters. The molecule has 2 aromatic rings. The maximum absolute atomic E-state index is 12.7. The number of ether oxygens (including phenoxy) is 1. The van der Waals surface area contributed by atoms with Crippen molar-refractivity contribution >= 4 is 21.6 Å². The number of benzene rings is 1. The lowest BCUT2D eigenvalue weighted by atomic mass is 10.3. The molecule has 0 spiro atoms. The van der Waals surface area contributed by atoms with Gasteiger partial charge in [0.1, 0.15) is 16.5 Å². The lowest BCUT2D eigenvalue weighted by Crippen LogP contribution is -2.22. The molecule has 7 nitrogen and oxygen atoms in total. The minimum Gasteiger partial charge on any atom is -0.497 e. The number of nitrogens with zero attached hydrogens (tertiary/aromatic N) is 3. The summed E-state index contributed by atoms with van der Waals surface area (Å²) in [5.74, 6) is 0.930. The van der Waals surface area contributed by atoms with E-state index in [2.05, 4.69) is 16.9 Å². The van der Waals surface area contributed by atoms with Gasteiger partial charge in [0.25, 0.3) is 0 Å². The van der Waals surface area contributed by atoms with Crippen LogP contribution < -0.4 is 15.4 Å². The van der Waals surface area contributed by atoms with Gasteiger partial charge < -0.3 is 15.4 Å². The van der Waals surface area contributed by atoms with E-state index in [1.165, 1.54) is 25.4 Å². The van der Waals surface area contributed by atoms with Crippen LogP contribution in [0.3, 0.4) is 0 Å². The Morgan fingerprint density at radius 3 is 2.46 bits per heavy atom. The summed E-state index contributed by atoms with van der Waals surface area (Å²) in [6.07, 6.45) is 3.30. The normalized spacial score (nSPS) is 11.3. The van der Waals surface area contributed by atoms with Gasteiger partial charge in [-0.1, -0.05) is 13.3 Å². The molecule has 0 saturated carbocycles. The summed E-state index contributed by atoms with van der Waals surface area (Å²) in [5.41, 5.74) is 5.89. The second-order valence-corrected chi connectivity index (χ2v) is 7.29. The van der Waals surface area contributed by atoms with Crippen LogP contribution in [-0.4, -0.2) is 39.1 Å². The number of nitrogens with two attached hydrogens (primary N) is 1. The van der Waals surface area contributed by atoms with Crippen LogP contribution in [0.5, 0.6) is 5.75 Å². The van der Waals surface area contributed by atoms with E-state index in [0.717, 1.165) is 19.4 Å². The van der Waals surface area contributed by atoms with Crippen molar-refractivity contribution in [2.75, 3.05) is 31.3 Å². The zero-order chi connectivity index (χ0) is 17.7. The Morgan fingerprint density at radius 2 is 1.92 bits per heavy atom. The molecule has 2 rings (SSSR count). The van der Waals surface area contributed by atoms with Crippen LogP contribution in [0, 0.1) is 0 Å². The van der Waals surface area contributed by atoms with Gasteiger partial charge >= 0.3 is 0 Å². The van der Waals surface area contributed by atoms with E-state index in [1.807, 2.05) is 11.9 Å². The summed E-state index contributed by atoms with van der Waals surface area (Å²) in [6, 6.07) is 6.09. The minimum absolute atomic E-state index is 0.0563. The summed E-state index contributed by atoms with van der Waals surface area (Å²) in [6.45, 7) is 2.87. The van der Waals surface area contributed by atoms with E-state index in [9.17, 15) is 8.42 Å². The van der Waals surface area contributed by atoms with E-state index in [1.54, 1.807) is 12.1 Å². The SMILES string of the molecule is CCCCN(C)c1ncc(S(=O)(=O)c2ccc(OC)cc2)c(N)n1. The molecular weight excluding hydrogens is 328 g/mol. The van der Waals surface area contributed by atoms with E-state index in [-0.39, 0.29) is 15.6 Å². The molecule has 1 heterocycles. The van der Waals surface area contributed by atoms with Crippen molar-refractivity contribution in [1.29, 1.82) is 0 Å². The first-order valence-corrected chi connectivity index (χ1v) is 9.11. The fourth-order valence-corrected chi connectivity index (χ4v) is 3.40. The fourth-order valence-electron chi connectivity index (χ4n) is 2.14. The number of anilines is 2. The third-order valence-electron chi connectivity index (χ3n) is 3.62. The van der Waals surface area contributed by atoms with E-state index in [0.29, 0.717) is 11.7 Å². The van der Waals surface area contributed by atoms with Crippen molar-refractivity contribution in [3.8, 4) is 5.75 Å². The molecule has 0 aliphatic carbocycles. The Morgan fingerprint density at radius 1 is 1.25 bits per heavy atom. The van der Waals surface area contributed by atoms with Gasteiger partial charge in [-0.2, -0.15) is 4.98 Å². The standard InChI is InChI=1S/C16H22N4O3S/c1-4-5-10-20(2)16-18-11-14(15(17)19-16)24(21,22)13-8-6-12(23-3)7-9-13/h6-9,11H,4-5,10H2,1-3H3,(H2,17,18,19).